The lowest BCUT2D eigenvalue weighted by molar-refractivity contribution is -0.144. The number of carbonyl (C=O) groups is 2. The van der Waals surface area contributed by atoms with Crippen LogP contribution in [0.5, 0.6) is 6.01 Å². The van der Waals surface area contributed by atoms with Gasteiger partial charge in [-0.15, -0.1) is 27.8 Å². The van der Waals surface area contributed by atoms with Crippen LogP contribution in [0.15, 0.2) is 60.5 Å². The predicted molar refractivity (Wildman–Crippen MR) is 313 cm³/mol. The summed E-state index contributed by atoms with van der Waals surface area (Å²) in [7, 11) is 0. The van der Waals surface area contributed by atoms with E-state index in [0.717, 1.165) is 53.8 Å². The van der Waals surface area contributed by atoms with E-state index >= 15 is 8.78 Å². The molecular formula is C60H67F5N14O4S2. The van der Waals surface area contributed by atoms with Crippen LogP contribution in [-0.2, 0) is 28.7 Å². The minimum absolute atomic E-state index is 0.0162. The van der Waals surface area contributed by atoms with Crippen molar-refractivity contribution < 1.29 is 41.4 Å². The zero-order chi connectivity index (χ0) is 59.3. The molecule has 5 fully saturated rings. The van der Waals surface area contributed by atoms with E-state index in [4.69, 9.17) is 14.7 Å². The van der Waals surface area contributed by atoms with E-state index in [0.29, 0.717) is 75.8 Å². The molecule has 25 heteroatoms. The first-order valence-corrected chi connectivity index (χ1v) is 30.8. The van der Waals surface area contributed by atoms with E-state index in [1.54, 1.807) is 28.3 Å². The van der Waals surface area contributed by atoms with Gasteiger partial charge in [-0.1, -0.05) is 50.3 Å². The van der Waals surface area contributed by atoms with Crippen molar-refractivity contribution in [1.29, 1.82) is 0 Å². The molecule has 6 aromatic heterocycles. The first-order valence-electron chi connectivity index (χ1n) is 29.1. The van der Waals surface area contributed by atoms with Gasteiger partial charge in [0.1, 0.15) is 29.3 Å². The highest BCUT2D eigenvalue weighted by Gasteiger charge is 2.72. The maximum absolute atomic E-state index is 15.8. The molecule has 5 aliphatic rings. The lowest BCUT2D eigenvalue weighted by atomic mass is 9.85. The molecule has 13 rings (SSSR count). The third-order valence-corrected chi connectivity index (χ3v) is 20.2. The van der Waals surface area contributed by atoms with Crippen molar-refractivity contribution in [3.8, 4) is 27.7 Å². The number of piperidine rings is 1. The number of aliphatic hydroxyl groups is 1. The zero-order valence-corrected chi connectivity index (χ0v) is 49.5. The Morgan fingerprint density at radius 3 is 2.42 bits per heavy atom. The molecule has 0 spiro atoms. The SMILES string of the molecule is Cc1cc2[nH]ncc2c(-c2nccc3c2sc2nc(OC[C@]4(CN5CCC(CCc6cn([C@H](C(=O)N7C[C@H](O)C[C@H]7C(=O)NCc7ccc(-c8scnc8C)cc7)C(C)(C)C)nn6)CC5)CC4(F)F)nc(N4CC5CCC(C4)N5)c23)c1C(F)(F)F. The number of piperazine rings is 1. The Hall–Kier alpha value is -6.80. The maximum atomic E-state index is 15.8. The van der Waals surface area contributed by atoms with Gasteiger partial charge in [-0.3, -0.25) is 19.7 Å². The van der Waals surface area contributed by atoms with Gasteiger partial charge in [0.05, 0.1) is 66.4 Å². The molecule has 4 saturated heterocycles. The molecule has 8 aromatic rings. The van der Waals surface area contributed by atoms with Crippen LogP contribution in [0.4, 0.5) is 27.8 Å². The van der Waals surface area contributed by atoms with Crippen molar-refractivity contribution in [1.82, 2.24) is 65.6 Å². The number of β-amino-alcohol motifs (C(OH)–C–C–N with tert-alkyl or cyclic N) is 1. The Bertz CT molecular complexity index is 3820. The number of thiazole rings is 1. The molecule has 1 saturated carbocycles. The molecule has 2 bridgehead atoms. The quantitative estimate of drug-likeness (QED) is 0.0665. The maximum Gasteiger partial charge on any atom is 0.417 e. The second-order valence-electron chi connectivity index (χ2n) is 25.2. The summed E-state index contributed by atoms with van der Waals surface area (Å²) in [5.41, 5.74) is 3.06. The summed E-state index contributed by atoms with van der Waals surface area (Å²) in [6.07, 6.45) is 3.81. The number of benzene rings is 2. The van der Waals surface area contributed by atoms with Gasteiger partial charge in [0, 0.05) is 86.4 Å². The van der Waals surface area contributed by atoms with Gasteiger partial charge in [-0.05, 0) is 106 Å². The highest BCUT2D eigenvalue weighted by atomic mass is 32.1. The fraction of sp³-hybridized carbons (Fsp3) is 0.517. The lowest BCUT2D eigenvalue weighted by Gasteiger charge is -2.35. The number of pyridine rings is 1. The Morgan fingerprint density at radius 1 is 0.976 bits per heavy atom. The van der Waals surface area contributed by atoms with Crippen molar-refractivity contribution in [2.24, 2.45) is 16.7 Å². The first kappa shape index (κ1) is 57.3. The van der Waals surface area contributed by atoms with E-state index in [-0.39, 0.29) is 91.2 Å². The minimum atomic E-state index is -4.70. The number of aliphatic hydroxyl groups excluding tert-OH is 1. The van der Waals surface area contributed by atoms with E-state index in [9.17, 15) is 27.9 Å². The van der Waals surface area contributed by atoms with Crippen LogP contribution in [0.2, 0.25) is 0 Å². The lowest BCUT2D eigenvalue weighted by Crippen LogP contribution is -2.51. The summed E-state index contributed by atoms with van der Waals surface area (Å²) in [4.78, 5) is 54.3. The number of ether oxygens (including phenoxy) is 1. The topological polar surface area (TPSA) is 208 Å². The second kappa shape index (κ2) is 21.9. The van der Waals surface area contributed by atoms with Gasteiger partial charge in [-0.2, -0.15) is 28.2 Å². The van der Waals surface area contributed by atoms with Gasteiger partial charge in [0.2, 0.25) is 11.8 Å². The molecule has 0 radical (unpaired) electrons. The van der Waals surface area contributed by atoms with Gasteiger partial charge >= 0.3 is 12.2 Å². The summed E-state index contributed by atoms with van der Waals surface area (Å²) in [6, 6.07) is 9.81. The van der Waals surface area contributed by atoms with Crippen molar-refractivity contribution in [2.45, 2.75) is 135 Å². The molecule has 1 aliphatic carbocycles. The Balaban J connectivity index is 0.660. The number of halogens is 5. The number of thiophene rings is 1. The van der Waals surface area contributed by atoms with Crippen molar-refractivity contribution in [2.75, 3.05) is 50.8 Å². The number of nitrogens with one attached hydrogen (secondary N) is 3. The van der Waals surface area contributed by atoms with Crippen LogP contribution in [0.1, 0.15) is 99.8 Å². The number of likely N-dealkylation sites (tertiary alicyclic amines) is 2. The van der Waals surface area contributed by atoms with E-state index < -0.39 is 46.7 Å². The highest BCUT2D eigenvalue weighted by molar-refractivity contribution is 7.26. The number of nitrogens with zero attached hydrogens (tertiary/aromatic N) is 11. The standard InChI is InChI=1S/C60H67F5N14O4S2/c1-32-20-43-42(23-69-74-43)45(47(32)60(63,64)65)48-50-41(14-17-66-48)46-52(77-24-37-12-13-38(25-77)70-37)71-56(72-54(46)85-50)83-30-58(28-59(58,61)62)29-76-18-15-34(16-19-76)8-11-39-26-79(75-73-39)51(57(3,4)5)55(82)78-27-40(80)21-44(78)53(81)67-22-35-6-9-36(10-7-35)49-33(2)68-31-84-49/h6-7,9-10,14,17,20,23,26,31,34,37-38,40,44,51,70,80H,8,11-13,15-16,18-19,21-22,24-25,27-30H2,1-5H3,(H,67,81)(H,69,74)/t37?,38?,40-,44+,51-,58-/m1/s1. The second-order valence-corrected chi connectivity index (χ2v) is 27.1. The third kappa shape index (κ3) is 11.0. The van der Waals surface area contributed by atoms with Crippen LogP contribution >= 0.6 is 22.7 Å². The zero-order valence-electron chi connectivity index (χ0n) is 47.8. The molecule has 4 aliphatic heterocycles. The molecule has 2 aromatic carbocycles. The summed E-state index contributed by atoms with van der Waals surface area (Å²) >= 11 is 2.76. The number of aryl methyl sites for hydroxylation is 3. The smallest absolute Gasteiger partial charge is 0.417 e. The molecule has 18 nitrogen and oxygen atoms in total. The van der Waals surface area contributed by atoms with Crippen LogP contribution < -0.4 is 20.3 Å². The average Bonchev–Trinajstić information content (AvgIpc) is 1.77. The Morgan fingerprint density at radius 2 is 1.73 bits per heavy atom. The monoisotopic (exact) mass is 1210 g/mol. The summed E-state index contributed by atoms with van der Waals surface area (Å²) < 4.78 is 84.8. The summed E-state index contributed by atoms with van der Waals surface area (Å²) in [6.45, 7) is 11.8. The largest absolute Gasteiger partial charge is 0.462 e. The number of carbonyl (C=O) groups excluding carboxylic acids is 2. The molecular weight excluding hydrogens is 1140 g/mol. The van der Waals surface area contributed by atoms with Crippen molar-refractivity contribution in [3.05, 3.63) is 88.6 Å². The number of aromatic nitrogens is 9. The molecule has 85 heavy (non-hydrogen) atoms. The van der Waals surface area contributed by atoms with Crippen LogP contribution in [0, 0.1) is 30.6 Å². The van der Waals surface area contributed by atoms with E-state index in [1.165, 1.54) is 41.6 Å². The van der Waals surface area contributed by atoms with Crippen molar-refractivity contribution >= 4 is 71.5 Å². The number of H-pyrrole nitrogens is 1. The van der Waals surface area contributed by atoms with Gasteiger partial charge in [0.15, 0.2) is 0 Å². The number of rotatable bonds is 16. The highest BCUT2D eigenvalue weighted by Crippen LogP contribution is 2.61. The normalized spacial score (nSPS) is 23.2. The van der Waals surface area contributed by atoms with Gasteiger partial charge < -0.3 is 35.2 Å². The minimum Gasteiger partial charge on any atom is -0.462 e. The number of hydrogen-bond donors (Lipinski definition) is 4. The van der Waals surface area contributed by atoms with Gasteiger partial charge in [0.25, 0.3) is 5.92 Å². The summed E-state index contributed by atoms with van der Waals surface area (Å²) in [5, 5.41) is 34.9. The Kier molecular flexibility index (Phi) is 14.7. The van der Waals surface area contributed by atoms with Crippen LogP contribution in [0.25, 0.3) is 52.9 Å². The fourth-order valence-corrected chi connectivity index (χ4v) is 15.5. The van der Waals surface area contributed by atoms with Crippen molar-refractivity contribution in [3.63, 3.8) is 0 Å². The van der Waals surface area contributed by atoms with E-state index in [1.807, 2.05) is 57.5 Å². The number of anilines is 1. The van der Waals surface area contributed by atoms with Crippen LogP contribution in [-0.4, -0.2) is 148 Å². The molecule has 2 amide bonds. The summed E-state index contributed by atoms with van der Waals surface area (Å²) in [5.74, 6) is -2.80. The number of aromatic amines is 1. The van der Waals surface area contributed by atoms with Gasteiger partial charge in [-0.25, -0.2) is 18.4 Å². The Labute approximate surface area is 495 Å². The first-order chi connectivity index (χ1) is 40.6. The number of fused-ring (bicyclic) bond motifs is 6. The molecule has 10 heterocycles. The van der Waals surface area contributed by atoms with Crippen LogP contribution in [0.3, 0.4) is 0 Å². The molecule has 4 N–H and O–H groups in total. The number of amides is 2. The fourth-order valence-electron chi connectivity index (χ4n) is 13.6. The number of hydrogen-bond acceptors (Lipinski definition) is 16. The number of alkyl halides is 5. The molecule has 448 valence electrons. The third-order valence-electron chi connectivity index (χ3n) is 18.1. The molecule has 2 unspecified atom stereocenters. The average molecular weight is 1210 g/mol. The molecule has 6 atom stereocenters. The predicted octanol–water partition coefficient (Wildman–Crippen LogP) is 9.69. The van der Waals surface area contributed by atoms with E-state index in [2.05, 4.69) is 50.9 Å².